The third kappa shape index (κ3) is 3.75. The lowest BCUT2D eigenvalue weighted by Gasteiger charge is -2.50. The summed E-state index contributed by atoms with van der Waals surface area (Å²) < 4.78 is 0. The van der Waals surface area contributed by atoms with Crippen LogP contribution in [0.1, 0.15) is 22.3 Å². The SMILES string of the molecule is CN(C)[C@@H]1C(O)=C(C(N)=O)C(=O)[C@@]2(O)C(O)=C3C(=O)c4c(O)cccc4C[C@H]3C[C@@H]12.c1ccncc1. The van der Waals surface area contributed by atoms with E-state index in [1.807, 2.05) is 18.2 Å². The number of primary amides is 1. The summed E-state index contributed by atoms with van der Waals surface area (Å²) in [5.41, 5.74) is 2.31. The fraction of sp³-hybridized carbons (Fsp3) is 0.308. The lowest BCUT2D eigenvalue weighted by molar-refractivity contribution is -0.148. The number of hydrogen-bond donors (Lipinski definition) is 5. The number of allylic oxidation sites excluding steroid dienone is 1. The van der Waals surface area contributed by atoms with Crippen LogP contribution in [0.15, 0.2) is 71.5 Å². The van der Waals surface area contributed by atoms with Crippen molar-refractivity contribution in [3.05, 3.63) is 82.6 Å². The predicted octanol–water partition coefficient (Wildman–Crippen LogP) is 1.20. The van der Waals surface area contributed by atoms with E-state index in [2.05, 4.69) is 4.98 Å². The van der Waals surface area contributed by atoms with Crippen molar-refractivity contribution >= 4 is 17.5 Å². The van der Waals surface area contributed by atoms with Crippen LogP contribution in [0, 0.1) is 11.8 Å². The number of hydrogen-bond acceptors (Lipinski definition) is 9. The Bertz CT molecular complexity index is 1280. The summed E-state index contributed by atoms with van der Waals surface area (Å²) in [5.74, 6) is -6.42. The molecule has 10 nitrogen and oxygen atoms in total. The maximum Gasteiger partial charge on any atom is 0.255 e. The van der Waals surface area contributed by atoms with E-state index in [1.54, 1.807) is 38.6 Å². The number of amides is 1. The Balaban J connectivity index is 0.000000445. The second-order valence-electron chi connectivity index (χ2n) is 9.30. The van der Waals surface area contributed by atoms with Gasteiger partial charge in [0.15, 0.2) is 11.4 Å². The van der Waals surface area contributed by atoms with Crippen LogP contribution in [-0.4, -0.2) is 73.5 Å². The molecule has 1 heterocycles. The summed E-state index contributed by atoms with van der Waals surface area (Å²) in [6.07, 6.45) is 3.88. The number of rotatable bonds is 2. The van der Waals surface area contributed by atoms with Crippen molar-refractivity contribution in [3.8, 4) is 5.75 Å². The highest BCUT2D eigenvalue weighted by molar-refractivity contribution is 6.24. The second kappa shape index (κ2) is 9.21. The van der Waals surface area contributed by atoms with Gasteiger partial charge in [-0.2, -0.15) is 0 Å². The van der Waals surface area contributed by atoms with Crippen LogP contribution in [0.3, 0.4) is 0 Å². The minimum atomic E-state index is -2.60. The molecule has 0 bridgehead atoms. The molecule has 6 N–H and O–H groups in total. The van der Waals surface area contributed by atoms with Gasteiger partial charge in [0.1, 0.15) is 22.8 Å². The van der Waals surface area contributed by atoms with Crippen LogP contribution in [0.4, 0.5) is 0 Å². The summed E-state index contributed by atoms with van der Waals surface area (Å²) in [7, 11) is 3.18. The highest BCUT2D eigenvalue weighted by Gasteiger charge is 2.63. The molecule has 0 spiro atoms. The summed E-state index contributed by atoms with van der Waals surface area (Å²) in [6, 6.07) is 9.37. The number of nitrogens with two attached hydrogens (primary N) is 1. The van der Waals surface area contributed by atoms with Crippen LogP contribution in [0.25, 0.3) is 0 Å². The third-order valence-corrected chi connectivity index (χ3v) is 7.03. The minimum absolute atomic E-state index is 0.0123. The molecule has 4 atom stereocenters. The van der Waals surface area contributed by atoms with Crippen molar-refractivity contribution in [2.75, 3.05) is 14.1 Å². The minimum Gasteiger partial charge on any atom is -0.510 e. The van der Waals surface area contributed by atoms with Crippen LogP contribution in [0.5, 0.6) is 5.75 Å². The molecule has 36 heavy (non-hydrogen) atoms. The van der Waals surface area contributed by atoms with Crippen molar-refractivity contribution in [1.82, 2.24) is 9.88 Å². The van der Waals surface area contributed by atoms with Gasteiger partial charge >= 0.3 is 0 Å². The Hall–Kier alpha value is -4.02. The molecule has 1 aromatic carbocycles. The number of carbonyl (C=O) groups is 3. The number of Topliss-reactive ketones (excluding diaryl/α,β-unsaturated/α-hetero) is 2. The maximum absolute atomic E-state index is 13.1. The average molecular weight is 494 g/mol. The first-order chi connectivity index (χ1) is 17.0. The molecule has 5 rings (SSSR count). The number of aromatic nitrogens is 1. The molecule has 0 aliphatic heterocycles. The number of aliphatic hydroxyl groups is 3. The predicted molar refractivity (Wildman–Crippen MR) is 128 cm³/mol. The molecule has 3 aliphatic carbocycles. The quantitative estimate of drug-likeness (QED) is 0.385. The normalized spacial score (nSPS) is 27.1. The fourth-order valence-corrected chi connectivity index (χ4v) is 5.50. The first-order valence-corrected chi connectivity index (χ1v) is 11.3. The number of fused-ring (bicyclic) bond motifs is 3. The van der Waals surface area contributed by atoms with Gasteiger partial charge < -0.3 is 26.2 Å². The number of likely N-dealkylation sites (N-methyl/N-ethyl adjacent to an activating group) is 1. The van der Waals surface area contributed by atoms with E-state index in [1.165, 1.54) is 11.0 Å². The molecule has 0 fully saturated rings. The molecule has 0 unspecified atom stereocenters. The molecule has 3 aliphatic rings. The summed E-state index contributed by atoms with van der Waals surface area (Å²) in [6.45, 7) is 0. The molecular weight excluding hydrogens is 466 g/mol. The first kappa shape index (κ1) is 25.1. The number of aromatic hydroxyl groups is 1. The number of aliphatic hydroxyl groups excluding tert-OH is 2. The first-order valence-electron chi connectivity index (χ1n) is 11.3. The molecular formula is C26H27N3O7. The Morgan fingerprint density at radius 3 is 2.28 bits per heavy atom. The number of phenols is 1. The van der Waals surface area contributed by atoms with E-state index in [4.69, 9.17) is 5.73 Å². The smallest absolute Gasteiger partial charge is 0.255 e. The fourth-order valence-electron chi connectivity index (χ4n) is 5.50. The molecule has 0 radical (unpaired) electrons. The van der Waals surface area contributed by atoms with E-state index >= 15 is 0 Å². The van der Waals surface area contributed by atoms with Crippen LogP contribution in [-0.2, 0) is 16.0 Å². The number of pyridine rings is 1. The number of carbonyl (C=O) groups excluding carboxylic acids is 3. The van der Waals surface area contributed by atoms with E-state index in [9.17, 15) is 34.8 Å². The zero-order chi connectivity index (χ0) is 26.4. The van der Waals surface area contributed by atoms with Crippen LogP contribution < -0.4 is 5.73 Å². The van der Waals surface area contributed by atoms with Crippen LogP contribution >= 0.6 is 0 Å². The molecule has 188 valence electrons. The Morgan fingerprint density at radius 2 is 1.75 bits per heavy atom. The summed E-state index contributed by atoms with van der Waals surface area (Å²) in [5, 5.41) is 43.2. The van der Waals surface area contributed by atoms with Crippen molar-refractivity contribution in [2.45, 2.75) is 24.5 Å². The van der Waals surface area contributed by atoms with Gasteiger partial charge in [-0.25, -0.2) is 0 Å². The third-order valence-electron chi connectivity index (χ3n) is 7.03. The van der Waals surface area contributed by atoms with Crippen LogP contribution in [0.2, 0.25) is 0 Å². The van der Waals surface area contributed by atoms with Gasteiger partial charge in [0.05, 0.1) is 11.6 Å². The molecule has 0 saturated carbocycles. The monoisotopic (exact) mass is 493 g/mol. The maximum atomic E-state index is 13.1. The van der Waals surface area contributed by atoms with Gasteiger partial charge in [-0.3, -0.25) is 24.3 Å². The number of nitrogens with zero attached hydrogens (tertiary/aromatic N) is 2. The molecule has 1 amide bonds. The molecule has 0 saturated heterocycles. The second-order valence-corrected chi connectivity index (χ2v) is 9.30. The van der Waals surface area contributed by atoms with Crippen molar-refractivity contribution in [1.29, 1.82) is 0 Å². The number of phenolic OH excluding ortho intramolecular Hbond substituents is 1. The molecule has 2 aromatic rings. The van der Waals surface area contributed by atoms with Crippen molar-refractivity contribution in [2.24, 2.45) is 17.6 Å². The highest BCUT2D eigenvalue weighted by atomic mass is 16.3. The molecule has 1 aromatic heterocycles. The summed E-state index contributed by atoms with van der Waals surface area (Å²) in [4.78, 5) is 43.4. The Morgan fingerprint density at radius 1 is 1.08 bits per heavy atom. The van der Waals surface area contributed by atoms with Crippen molar-refractivity contribution < 1.29 is 34.8 Å². The van der Waals surface area contributed by atoms with E-state index in [0.717, 1.165) is 0 Å². The van der Waals surface area contributed by atoms with Gasteiger partial charge in [0.25, 0.3) is 5.91 Å². The molecule has 10 heteroatoms. The highest BCUT2D eigenvalue weighted by Crippen LogP contribution is 2.52. The van der Waals surface area contributed by atoms with Crippen molar-refractivity contribution in [3.63, 3.8) is 0 Å². The van der Waals surface area contributed by atoms with Gasteiger partial charge in [-0.15, -0.1) is 0 Å². The average Bonchev–Trinajstić information content (AvgIpc) is 2.82. The lowest BCUT2D eigenvalue weighted by atomic mass is 9.58. The van der Waals surface area contributed by atoms with Gasteiger partial charge in [0.2, 0.25) is 5.78 Å². The standard InChI is InChI=1S/C21H22N2O7.C5H5N/c1-23(2)15-10-7-9-6-8-4-3-5-11(24)12(8)16(25)13(9)18(27)21(10,30)19(28)14(17(15)26)20(22)29;1-2-4-6-5-3-1/h3-5,9-10,15,24,26-27,30H,6-7H2,1-2H3,(H2,22,29);1-5H/t9-,10-,15-,21-;/m0./s1. The van der Waals surface area contributed by atoms with E-state index in [0.29, 0.717) is 12.0 Å². The lowest BCUT2D eigenvalue weighted by Crippen LogP contribution is -2.63. The van der Waals surface area contributed by atoms with Gasteiger partial charge in [-0.05, 0) is 56.6 Å². The van der Waals surface area contributed by atoms with E-state index < -0.39 is 58.0 Å². The largest absolute Gasteiger partial charge is 0.510 e. The van der Waals surface area contributed by atoms with Gasteiger partial charge in [0, 0.05) is 23.9 Å². The number of ketones is 2. The topological polar surface area (TPSA) is 174 Å². The Kier molecular flexibility index (Phi) is 6.42. The van der Waals surface area contributed by atoms with E-state index in [-0.39, 0.29) is 23.3 Å². The number of benzene rings is 1. The van der Waals surface area contributed by atoms with Gasteiger partial charge in [-0.1, -0.05) is 18.2 Å². The summed E-state index contributed by atoms with van der Waals surface area (Å²) >= 11 is 0. The zero-order valence-electron chi connectivity index (χ0n) is 19.8. The Labute approximate surface area is 207 Å². The zero-order valence-corrected chi connectivity index (χ0v) is 19.8.